The number of hydrogen-bond donors (Lipinski definition) is 2. The van der Waals surface area contributed by atoms with E-state index in [0.717, 1.165) is 52.2 Å². The Kier molecular flexibility index (Phi) is 23.9. The first-order valence-corrected chi connectivity index (χ1v) is 24.6. The number of carbonyl (C=O) groups excluding carboxylic acids is 1. The molecule has 6 aromatic rings. The van der Waals surface area contributed by atoms with Crippen LogP contribution in [0.2, 0.25) is 0 Å². The number of hydrogen-bond acceptors (Lipinski definition) is 13. The minimum Gasteiger partial charge on any atom is -1.00 e. The molecule has 0 aliphatic rings. The summed E-state index contributed by atoms with van der Waals surface area (Å²) in [5.41, 5.74) is 13.8. The van der Waals surface area contributed by atoms with Gasteiger partial charge in [-0.05, 0) is 129 Å². The minimum atomic E-state index is -3.61. The topological polar surface area (TPSA) is 179 Å². The summed E-state index contributed by atoms with van der Waals surface area (Å²) < 4.78 is 106. The Morgan fingerprint density at radius 3 is 1.21 bits per heavy atom. The van der Waals surface area contributed by atoms with E-state index in [1.807, 2.05) is 39.8 Å². The maximum Gasteiger partial charge on any atom is 1.00 e. The summed E-state index contributed by atoms with van der Waals surface area (Å²) >= 11 is 0. The number of carbonyl (C=O) groups is 1. The van der Waals surface area contributed by atoms with Crippen molar-refractivity contribution >= 4 is 46.3 Å². The standard InChI is InChI=1S/C26H28FNO5S.C21H20FNO5S.C5H8O.B.Na.H/c1-17(2)12-13-28-24-11-8-19(14-23(24)27)22-16-25(31-3)21(15-26(22)32-4)18-6-9-20(10-7-18)33-34(5,29)30;1-26-20-12-17(14-6-9-19(23)18(22)10-14)21(27-2)11-16(20)13-4-7-15(8-5-13)28-29(3,24)25;1-5(2)3-4-6;;;/h6-12,14-16,28H,13H2,1-5H3;4-12H,23H2,1-3H3;3-4H,1-2H3;;;/q;;;;+1;-1. The second-order valence-electron chi connectivity index (χ2n) is 15.6. The average Bonchev–Trinajstić information content (AvgIpc) is 3.29. The number of halogens is 2. The number of rotatable bonds is 16. The van der Waals surface area contributed by atoms with E-state index in [4.69, 9.17) is 33.0 Å². The summed E-state index contributed by atoms with van der Waals surface area (Å²) in [6, 6.07) is 29.7. The molecule has 0 amide bonds. The van der Waals surface area contributed by atoms with Gasteiger partial charge >= 0.3 is 49.8 Å². The molecule has 371 valence electrons. The minimum absolute atomic E-state index is 0. The van der Waals surface area contributed by atoms with E-state index in [2.05, 4.69) is 5.32 Å². The van der Waals surface area contributed by atoms with Crippen LogP contribution >= 0.6 is 0 Å². The molecule has 0 atom stereocenters. The Bertz CT molecular complexity index is 3050. The van der Waals surface area contributed by atoms with Gasteiger partial charge in [0, 0.05) is 37.2 Å². The molecule has 0 saturated carbocycles. The zero-order valence-corrected chi connectivity index (χ0v) is 45.2. The fourth-order valence-electron chi connectivity index (χ4n) is 6.45. The molecule has 6 aromatic carbocycles. The monoisotopic (exact) mass is 1020 g/mol. The first kappa shape index (κ1) is 60.8. The number of methoxy groups -OCH3 is 4. The quantitative estimate of drug-likeness (QED) is 0.0239. The summed E-state index contributed by atoms with van der Waals surface area (Å²) in [5.74, 6) is 1.67. The van der Waals surface area contributed by atoms with Crippen LogP contribution in [0, 0.1) is 11.6 Å². The summed E-state index contributed by atoms with van der Waals surface area (Å²) in [4.78, 5) is 9.54. The third-order valence-electron chi connectivity index (χ3n) is 9.66. The number of allylic oxidation sites excluding steroid dienone is 3. The van der Waals surface area contributed by atoms with Crippen molar-refractivity contribution in [1.29, 1.82) is 0 Å². The van der Waals surface area contributed by atoms with Crippen molar-refractivity contribution in [3.8, 4) is 79.0 Å². The molecule has 0 saturated heterocycles. The molecule has 19 heteroatoms. The van der Waals surface area contributed by atoms with E-state index in [9.17, 15) is 30.4 Å². The molecule has 0 aliphatic heterocycles. The molecule has 0 heterocycles. The fraction of sp³-hybridized carbons (Fsp3) is 0.212. The third kappa shape index (κ3) is 18.4. The molecule has 6 rings (SSSR count). The number of nitrogen functional groups attached to an aromatic ring is 1. The van der Waals surface area contributed by atoms with Gasteiger partial charge in [-0.15, -0.1) is 0 Å². The second kappa shape index (κ2) is 27.9. The molecule has 3 radical (unpaired) electrons. The summed E-state index contributed by atoms with van der Waals surface area (Å²) in [5, 5.41) is 3.07. The Balaban J connectivity index is 0.000000628. The number of benzene rings is 6. The molecular formula is C52H57BF2N2NaO11S2. The van der Waals surface area contributed by atoms with E-state index >= 15 is 0 Å². The van der Waals surface area contributed by atoms with Gasteiger partial charge < -0.3 is 39.8 Å². The normalized spacial score (nSPS) is 10.4. The number of nitrogens with one attached hydrogen (secondary N) is 1. The van der Waals surface area contributed by atoms with Crippen molar-refractivity contribution in [2.24, 2.45) is 0 Å². The first-order chi connectivity index (χ1) is 32.6. The molecule has 0 bridgehead atoms. The fourth-order valence-corrected chi connectivity index (χ4v) is 7.37. The molecule has 3 N–H and O–H groups in total. The van der Waals surface area contributed by atoms with Crippen LogP contribution in [0.5, 0.6) is 34.5 Å². The Hall–Kier alpha value is -6.31. The molecule has 13 nitrogen and oxygen atoms in total. The zero-order valence-electron chi connectivity index (χ0n) is 42.5. The van der Waals surface area contributed by atoms with Gasteiger partial charge in [-0.3, -0.25) is 4.79 Å². The van der Waals surface area contributed by atoms with Crippen molar-refractivity contribution < 1.29 is 88.7 Å². The maximum absolute atomic E-state index is 14.8. The SMILES string of the molecule is CC(C)=CC=O.COc1cc(-c2ccc(N)c(F)c2)c(OC)cc1-c1ccc(OS(C)(=O)=O)cc1.COc1cc(-c2ccc(NCC=C(C)C)c(F)c2)c(OC)cc1-c1ccc(OS(C)(=O)=O)cc1.[B].[H-].[Na+]. The van der Waals surface area contributed by atoms with Crippen LogP contribution in [-0.2, 0) is 25.0 Å². The number of nitrogens with two attached hydrogens (primary N) is 1. The first-order valence-electron chi connectivity index (χ1n) is 20.9. The van der Waals surface area contributed by atoms with Crippen LogP contribution in [0.25, 0.3) is 44.5 Å². The molecular weight excluding hydrogens is 965 g/mol. The predicted molar refractivity (Wildman–Crippen MR) is 276 cm³/mol. The van der Waals surface area contributed by atoms with Crippen molar-refractivity contribution in [3.63, 3.8) is 0 Å². The Morgan fingerprint density at radius 2 is 0.915 bits per heavy atom. The van der Waals surface area contributed by atoms with Crippen molar-refractivity contribution in [2.75, 3.05) is 58.5 Å². The third-order valence-corrected chi connectivity index (χ3v) is 10.7. The van der Waals surface area contributed by atoms with E-state index < -0.39 is 26.1 Å². The van der Waals surface area contributed by atoms with Gasteiger partial charge in [0.25, 0.3) is 0 Å². The van der Waals surface area contributed by atoms with Gasteiger partial charge in [0.2, 0.25) is 0 Å². The molecule has 0 aliphatic carbocycles. The number of aldehydes is 1. The van der Waals surface area contributed by atoms with Crippen LogP contribution in [-0.4, -0.2) is 79.0 Å². The van der Waals surface area contributed by atoms with Gasteiger partial charge in [-0.1, -0.05) is 53.6 Å². The summed E-state index contributed by atoms with van der Waals surface area (Å²) in [6.07, 6.45) is 6.27. The summed E-state index contributed by atoms with van der Waals surface area (Å²) in [7, 11) is -1.08. The molecule has 0 fully saturated rings. The van der Waals surface area contributed by atoms with Crippen LogP contribution < -0.4 is 67.9 Å². The van der Waals surface area contributed by atoms with E-state index in [1.165, 1.54) is 38.5 Å². The molecule has 0 aromatic heterocycles. The Morgan fingerprint density at radius 1 is 0.563 bits per heavy atom. The predicted octanol–water partition coefficient (Wildman–Crippen LogP) is 7.88. The second-order valence-corrected chi connectivity index (χ2v) is 18.8. The van der Waals surface area contributed by atoms with Gasteiger partial charge in [0.15, 0.2) is 0 Å². The van der Waals surface area contributed by atoms with E-state index in [1.54, 1.807) is 99.1 Å². The average molecular weight is 1020 g/mol. The Labute approximate surface area is 441 Å². The smallest absolute Gasteiger partial charge is 1.00 e. The number of ether oxygens (including phenoxy) is 4. The van der Waals surface area contributed by atoms with Crippen LogP contribution in [0.3, 0.4) is 0 Å². The van der Waals surface area contributed by atoms with Gasteiger partial charge in [-0.25, -0.2) is 8.78 Å². The van der Waals surface area contributed by atoms with Gasteiger partial charge in [0.1, 0.15) is 52.4 Å². The van der Waals surface area contributed by atoms with E-state index in [0.29, 0.717) is 57.5 Å². The zero-order chi connectivity index (χ0) is 51.1. The van der Waals surface area contributed by atoms with Crippen LogP contribution in [0.1, 0.15) is 29.1 Å². The van der Waals surface area contributed by atoms with E-state index in [-0.39, 0.29) is 62.4 Å². The molecule has 0 spiro atoms. The number of anilines is 2. The van der Waals surface area contributed by atoms with Crippen molar-refractivity contribution in [1.82, 2.24) is 0 Å². The maximum atomic E-state index is 14.8. The van der Waals surface area contributed by atoms with Crippen molar-refractivity contribution in [2.45, 2.75) is 27.7 Å². The van der Waals surface area contributed by atoms with Crippen LogP contribution in [0.4, 0.5) is 20.2 Å². The summed E-state index contributed by atoms with van der Waals surface area (Å²) in [6.45, 7) is 8.28. The van der Waals surface area contributed by atoms with Gasteiger partial charge in [0.05, 0.1) is 52.3 Å². The largest absolute Gasteiger partial charge is 1.00 e. The van der Waals surface area contributed by atoms with Gasteiger partial charge in [-0.2, -0.15) is 16.8 Å². The van der Waals surface area contributed by atoms with Crippen LogP contribution in [0.15, 0.2) is 132 Å². The van der Waals surface area contributed by atoms with Crippen molar-refractivity contribution in [3.05, 3.63) is 144 Å². The molecule has 71 heavy (non-hydrogen) atoms. The molecule has 0 unspecified atom stereocenters.